The van der Waals surface area contributed by atoms with Crippen LogP contribution in [0.25, 0.3) is 0 Å². The van der Waals surface area contributed by atoms with E-state index in [1.54, 1.807) is 25.1 Å². The average Bonchev–Trinajstić information content (AvgIpc) is 2.26. The Kier molecular flexibility index (Phi) is 4.86. The first kappa shape index (κ1) is 13.9. The number of hydrogen-bond donors (Lipinski definition) is 0. The van der Waals surface area contributed by atoms with E-state index in [4.69, 9.17) is 0 Å². The van der Waals surface area contributed by atoms with E-state index in [1.807, 2.05) is 0 Å². The molecule has 0 fully saturated rings. The molecule has 0 bridgehead atoms. The Morgan fingerprint density at radius 2 is 1.94 bits per heavy atom. The monoisotopic (exact) mass is 264 g/mol. The number of halogens is 3. The lowest BCUT2D eigenvalue weighted by atomic mass is 10.1. The maximum absolute atomic E-state index is 12.3. The SMILES string of the molecule is CCOC(=O)C(SC(F)(F)F)c1ccccc1. The zero-order chi connectivity index (χ0) is 12.9. The second-order valence-corrected chi connectivity index (χ2v) is 4.28. The van der Waals surface area contributed by atoms with Crippen LogP contribution in [0.4, 0.5) is 13.2 Å². The van der Waals surface area contributed by atoms with E-state index in [0.717, 1.165) is 0 Å². The van der Waals surface area contributed by atoms with Gasteiger partial charge in [-0.05, 0) is 24.2 Å². The maximum Gasteiger partial charge on any atom is 0.442 e. The summed E-state index contributed by atoms with van der Waals surface area (Å²) in [4.78, 5) is 11.5. The van der Waals surface area contributed by atoms with Gasteiger partial charge in [-0.15, -0.1) is 0 Å². The van der Waals surface area contributed by atoms with Crippen molar-refractivity contribution in [2.75, 3.05) is 6.61 Å². The Hall–Kier alpha value is -1.17. The highest BCUT2D eigenvalue weighted by Gasteiger charge is 2.38. The molecule has 17 heavy (non-hydrogen) atoms. The second-order valence-electron chi connectivity index (χ2n) is 3.11. The summed E-state index contributed by atoms with van der Waals surface area (Å²) in [7, 11) is 0. The van der Waals surface area contributed by atoms with Gasteiger partial charge in [0.2, 0.25) is 0 Å². The van der Waals surface area contributed by atoms with Gasteiger partial charge in [-0.3, -0.25) is 4.79 Å². The third-order valence-corrected chi connectivity index (χ3v) is 2.82. The van der Waals surface area contributed by atoms with E-state index in [1.165, 1.54) is 12.1 Å². The van der Waals surface area contributed by atoms with Crippen LogP contribution in [0.1, 0.15) is 17.7 Å². The number of hydrogen-bond acceptors (Lipinski definition) is 3. The molecule has 0 N–H and O–H groups in total. The number of carbonyl (C=O) groups is 1. The van der Waals surface area contributed by atoms with Gasteiger partial charge in [0.05, 0.1) is 6.61 Å². The van der Waals surface area contributed by atoms with Gasteiger partial charge in [0.1, 0.15) is 5.25 Å². The molecular formula is C11H11F3O2S. The van der Waals surface area contributed by atoms with Gasteiger partial charge < -0.3 is 4.74 Å². The van der Waals surface area contributed by atoms with Crippen molar-refractivity contribution in [2.45, 2.75) is 17.7 Å². The van der Waals surface area contributed by atoms with Gasteiger partial charge >= 0.3 is 11.5 Å². The number of esters is 1. The number of carbonyl (C=O) groups excluding carboxylic acids is 1. The molecule has 0 aliphatic carbocycles. The highest BCUT2D eigenvalue weighted by atomic mass is 32.2. The molecular weight excluding hydrogens is 253 g/mol. The van der Waals surface area contributed by atoms with Crippen LogP contribution in [0.3, 0.4) is 0 Å². The van der Waals surface area contributed by atoms with Gasteiger partial charge in [-0.25, -0.2) is 0 Å². The Balaban J connectivity index is 2.91. The summed E-state index contributed by atoms with van der Waals surface area (Å²) in [6, 6.07) is 7.78. The summed E-state index contributed by atoms with van der Waals surface area (Å²) < 4.78 is 41.7. The first-order chi connectivity index (χ1) is 7.94. The van der Waals surface area contributed by atoms with Gasteiger partial charge in [-0.1, -0.05) is 30.3 Å². The molecule has 0 spiro atoms. The molecule has 2 nitrogen and oxygen atoms in total. The summed E-state index contributed by atoms with van der Waals surface area (Å²) in [6.07, 6.45) is 0. The van der Waals surface area contributed by atoms with E-state index < -0.39 is 16.7 Å². The van der Waals surface area contributed by atoms with Crippen LogP contribution in [0.2, 0.25) is 0 Å². The quantitative estimate of drug-likeness (QED) is 0.778. The summed E-state index contributed by atoms with van der Waals surface area (Å²) in [5.74, 6) is -0.874. The van der Waals surface area contributed by atoms with Crippen molar-refractivity contribution in [1.29, 1.82) is 0 Å². The molecule has 0 aromatic heterocycles. The number of ether oxygens (including phenoxy) is 1. The number of benzene rings is 1. The third-order valence-electron chi connectivity index (χ3n) is 1.85. The highest BCUT2D eigenvalue weighted by Crippen LogP contribution is 2.42. The van der Waals surface area contributed by atoms with E-state index in [9.17, 15) is 18.0 Å². The standard InChI is InChI=1S/C11H11F3O2S/c1-2-16-10(15)9(17-11(12,13)14)8-6-4-3-5-7-8/h3-7,9H,2H2,1H3. The average molecular weight is 264 g/mol. The van der Waals surface area contributed by atoms with Crippen molar-refractivity contribution in [3.8, 4) is 0 Å². The molecule has 0 aliphatic heterocycles. The van der Waals surface area contributed by atoms with Crippen molar-refractivity contribution >= 4 is 17.7 Å². The molecule has 1 atom stereocenters. The van der Waals surface area contributed by atoms with Gasteiger partial charge in [0.15, 0.2) is 0 Å². The van der Waals surface area contributed by atoms with Crippen LogP contribution in [0, 0.1) is 0 Å². The third kappa shape index (κ3) is 4.68. The Labute approximate surface area is 101 Å². The number of alkyl halides is 3. The minimum absolute atomic E-state index is 0.0561. The Bertz CT molecular complexity index is 365. The molecule has 0 aliphatic rings. The molecule has 1 rings (SSSR count). The normalized spacial score (nSPS) is 13.2. The topological polar surface area (TPSA) is 26.3 Å². The first-order valence-corrected chi connectivity index (χ1v) is 5.78. The fourth-order valence-corrected chi connectivity index (χ4v) is 1.96. The van der Waals surface area contributed by atoms with Crippen molar-refractivity contribution in [3.63, 3.8) is 0 Å². The van der Waals surface area contributed by atoms with Crippen molar-refractivity contribution in [1.82, 2.24) is 0 Å². The van der Waals surface area contributed by atoms with Crippen LogP contribution < -0.4 is 0 Å². The largest absolute Gasteiger partial charge is 0.465 e. The molecule has 0 heterocycles. The van der Waals surface area contributed by atoms with E-state index >= 15 is 0 Å². The maximum atomic E-state index is 12.3. The lowest BCUT2D eigenvalue weighted by molar-refractivity contribution is -0.142. The molecule has 6 heteroatoms. The van der Waals surface area contributed by atoms with Gasteiger partial charge in [0.25, 0.3) is 0 Å². The molecule has 0 saturated carbocycles. The number of rotatable bonds is 4. The fraction of sp³-hybridized carbons (Fsp3) is 0.364. The van der Waals surface area contributed by atoms with E-state index in [0.29, 0.717) is 0 Å². The van der Waals surface area contributed by atoms with Gasteiger partial charge in [-0.2, -0.15) is 13.2 Å². The summed E-state index contributed by atoms with van der Waals surface area (Å²) in [5.41, 5.74) is -4.19. The lowest BCUT2D eigenvalue weighted by Gasteiger charge is -2.16. The lowest BCUT2D eigenvalue weighted by Crippen LogP contribution is -2.17. The minimum atomic E-state index is -4.48. The zero-order valence-electron chi connectivity index (χ0n) is 9.03. The molecule has 0 saturated heterocycles. The zero-order valence-corrected chi connectivity index (χ0v) is 9.85. The van der Waals surface area contributed by atoms with E-state index in [-0.39, 0.29) is 23.9 Å². The Morgan fingerprint density at radius 1 is 1.35 bits per heavy atom. The molecule has 1 aromatic carbocycles. The first-order valence-electron chi connectivity index (χ1n) is 4.90. The molecule has 0 radical (unpaired) electrons. The van der Waals surface area contributed by atoms with Crippen LogP contribution >= 0.6 is 11.8 Å². The van der Waals surface area contributed by atoms with Crippen molar-refractivity contribution in [3.05, 3.63) is 35.9 Å². The smallest absolute Gasteiger partial charge is 0.442 e. The van der Waals surface area contributed by atoms with Crippen LogP contribution in [0.15, 0.2) is 30.3 Å². The predicted octanol–water partition coefficient (Wildman–Crippen LogP) is 3.54. The summed E-state index contributed by atoms with van der Waals surface area (Å²) >= 11 is -0.372. The minimum Gasteiger partial charge on any atom is -0.465 e. The summed E-state index contributed by atoms with van der Waals surface area (Å²) in [5, 5.41) is -1.36. The fourth-order valence-electron chi connectivity index (χ4n) is 1.23. The summed E-state index contributed by atoms with van der Waals surface area (Å²) in [6.45, 7) is 1.61. The highest BCUT2D eigenvalue weighted by molar-refractivity contribution is 8.01. The molecule has 1 unspecified atom stereocenters. The van der Waals surface area contributed by atoms with E-state index in [2.05, 4.69) is 4.74 Å². The van der Waals surface area contributed by atoms with Crippen molar-refractivity contribution in [2.24, 2.45) is 0 Å². The molecule has 1 aromatic rings. The molecule has 94 valence electrons. The van der Waals surface area contributed by atoms with Crippen LogP contribution in [-0.4, -0.2) is 18.1 Å². The van der Waals surface area contributed by atoms with Crippen LogP contribution in [0.5, 0.6) is 0 Å². The number of thioether (sulfide) groups is 1. The van der Waals surface area contributed by atoms with Crippen molar-refractivity contribution < 1.29 is 22.7 Å². The van der Waals surface area contributed by atoms with Crippen LogP contribution in [-0.2, 0) is 9.53 Å². The van der Waals surface area contributed by atoms with Gasteiger partial charge in [0, 0.05) is 0 Å². The Morgan fingerprint density at radius 3 is 2.41 bits per heavy atom. The second kappa shape index (κ2) is 5.95. The predicted molar refractivity (Wildman–Crippen MR) is 59.5 cm³/mol. The molecule has 0 amide bonds.